The van der Waals surface area contributed by atoms with Gasteiger partial charge in [-0.05, 0) is 29.8 Å². The van der Waals surface area contributed by atoms with Crippen LogP contribution in [0.1, 0.15) is 5.56 Å². The second-order valence-corrected chi connectivity index (χ2v) is 4.24. The molecule has 0 spiro atoms. The van der Waals surface area contributed by atoms with Gasteiger partial charge in [0.1, 0.15) is 0 Å². The van der Waals surface area contributed by atoms with Crippen LogP contribution < -0.4 is 11.4 Å². The molecule has 2 aromatic heterocycles. The molecular formula is C14H12N4O. The van der Waals surface area contributed by atoms with E-state index in [2.05, 4.69) is 9.97 Å². The maximum atomic E-state index is 11.6. The highest BCUT2D eigenvalue weighted by Crippen LogP contribution is 2.22. The summed E-state index contributed by atoms with van der Waals surface area (Å²) in [6, 6.07) is 9.23. The fourth-order valence-corrected chi connectivity index (χ4v) is 2.07. The van der Waals surface area contributed by atoms with Gasteiger partial charge >= 0.3 is 5.69 Å². The normalized spacial score (nSPS) is 10.7. The first-order valence-electron chi connectivity index (χ1n) is 5.89. The Bertz CT molecular complexity index is 795. The van der Waals surface area contributed by atoms with E-state index in [-0.39, 0.29) is 5.69 Å². The van der Waals surface area contributed by atoms with E-state index in [1.54, 1.807) is 23.0 Å². The van der Waals surface area contributed by atoms with Gasteiger partial charge in [0.25, 0.3) is 0 Å². The summed E-state index contributed by atoms with van der Waals surface area (Å²) in [5.41, 5.74) is 8.10. The van der Waals surface area contributed by atoms with E-state index in [9.17, 15) is 4.79 Å². The molecule has 0 aliphatic carbocycles. The molecule has 2 N–H and O–H groups in total. The zero-order chi connectivity index (χ0) is 13.2. The van der Waals surface area contributed by atoms with Gasteiger partial charge < -0.3 is 5.73 Å². The molecule has 0 saturated carbocycles. The van der Waals surface area contributed by atoms with E-state index in [1.807, 2.05) is 24.3 Å². The van der Waals surface area contributed by atoms with Crippen molar-refractivity contribution in [3.05, 3.63) is 65.0 Å². The average Bonchev–Trinajstić information content (AvgIpc) is 2.44. The van der Waals surface area contributed by atoms with Crippen LogP contribution >= 0.6 is 0 Å². The van der Waals surface area contributed by atoms with Crippen LogP contribution in [-0.4, -0.2) is 14.5 Å². The second kappa shape index (κ2) is 4.53. The molecule has 5 nitrogen and oxygen atoms in total. The number of anilines is 1. The van der Waals surface area contributed by atoms with Crippen molar-refractivity contribution in [3.8, 4) is 0 Å². The summed E-state index contributed by atoms with van der Waals surface area (Å²) >= 11 is 0. The van der Waals surface area contributed by atoms with Gasteiger partial charge in [0.15, 0.2) is 0 Å². The van der Waals surface area contributed by atoms with Gasteiger partial charge in [-0.25, -0.2) is 9.78 Å². The predicted molar refractivity (Wildman–Crippen MR) is 73.8 cm³/mol. The zero-order valence-corrected chi connectivity index (χ0v) is 10.2. The number of benzene rings is 1. The van der Waals surface area contributed by atoms with Gasteiger partial charge in [0.05, 0.1) is 12.1 Å². The lowest BCUT2D eigenvalue weighted by Gasteiger charge is -2.09. The third-order valence-corrected chi connectivity index (χ3v) is 3.01. The van der Waals surface area contributed by atoms with E-state index in [4.69, 9.17) is 5.73 Å². The Morgan fingerprint density at radius 2 is 1.95 bits per heavy atom. The summed E-state index contributed by atoms with van der Waals surface area (Å²) in [5, 5.41) is 0.900. The summed E-state index contributed by atoms with van der Waals surface area (Å²) in [6.07, 6.45) is 4.91. The molecule has 1 aromatic carbocycles. The van der Waals surface area contributed by atoms with Crippen LogP contribution in [0.3, 0.4) is 0 Å². The SMILES string of the molecule is Nc1ccc(Cn2cccnc2=O)c2ncccc12. The number of pyridine rings is 1. The first-order valence-corrected chi connectivity index (χ1v) is 5.89. The molecule has 3 aromatic rings. The lowest BCUT2D eigenvalue weighted by Crippen LogP contribution is -2.22. The Hall–Kier alpha value is -2.69. The van der Waals surface area contributed by atoms with Gasteiger partial charge in [-0.3, -0.25) is 9.55 Å². The number of hydrogen-bond acceptors (Lipinski definition) is 4. The molecule has 0 radical (unpaired) electrons. The number of nitrogens with two attached hydrogens (primary N) is 1. The van der Waals surface area contributed by atoms with Crippen molar-refractivity contribution in [3.63, 3.8) is 0 Å². The highest BCUT2D eigenvalue weighted by Gasteiger charge is 2.06. The predicted octanol–water partition coefficient (Wildman–Crippen LogP) is 1.42. The number of rotatable bonds is 2. The molecular weight excluding hydrogens is 240 g/mol. The van der Waals surface area contributed by atoms with Crippen LogP contribution in [0.15, 0.2) is 53.7 Å². The molecule has 0 aliphatic rings. The average molecular weight is 252 g/mol. The molecule has 0 fully saturated rings. The standard InChI is InChI=1S/C14H12N4O/c15-12-5-4-10(13-11(12)3-1-6-16-13)9-18-8-2-7-17-14(18)19/h1-8H,9,15H2. The molecule has 94 valence electrons. The van der Waals surface area contributed by atoms with Crippen molar-refractivity contribution in [2.24, 2.45) is 0 Å². The maximum Gasteiger partial charge on any atom is 0.347 e. The van der Waals surface area contributed by atoms with Crippen LogP contribution in [0.5, 0.6) is 0 Å². The van der Waals surface area contributed by atoms with E-state index < -0.39 is 0 Å². The van der Waals surface area contributed by atoms with Crippen molar-refractivity contribution in [1.82, 2.24) is 14.5 Å². The first-order chi connectivity index (χ1) is 9.25. The Morgan fingerprint density at radius 3 is 2.79 bits per heavy atom. The quantitative estimate of drug-likeness (QED) is 0.700. The molecule has 0 amide bonds. The first kappa shape index (κ1) is 11.4. The number of aromatic nitrogens is 3. The summed E-state index contributed by atoms with van der Waals surface area (Å²) in [5.74, 6) is 0. The molecule has 0 atom stereocenters. The Balaban J connectivity index is 2.14. The van der Waals surface area contributed by atoms with E-state index in [0.717, 1.165) is 16.5 Å². The van der Waals surface area contributed by atoms with Crippen LogP contribution in [0.4, 0.5) is 5.69 Å². The molecule has 0 bridgehead atoms. The van der Waals surface area contributed by atoms with Gasteiger partial charge in [-0.2, -0.15) is 0 Å². The van der Waals surface area contributed by atoms with Gasteiger partial charge in [-0.15, -0.1) is 0 Å². The summed E-state index contributed by atoms with van der Waals surface area (Å²) in [6.45, 7) is 0.431. The Labute approximate surface area is 109 Å². The smallest absolute Gasteiger partial charge is 0.347 e. The van der Waals surface area contributed by atoms with Crippen molar-refractivity contribution >= 4 is 16.6 Å². The highest BCUT2D eigenvalue weighted by atomic mass is 16.1. The Morgan fingerprint density at radius 1 is 1.11 bits per heavy atom. The van der Waals surface area contributed by atoms with Crippen LogP contribution in [0.25, 0.3) is 10.9 Å². The van der Waals surface area contributed by atoms with Crippen LogP contribution in [-0.2, 0) is 6.54 Å². The Kier molecular flexibility index (Phi) is 2.72. The molecule has 3 rings (SSSR count). The number of hydrogen-bond donors (Lipinski definition) is 1. The zero-order valence-electron chi connectivity index (χ0n) is 10.2. The van der Waals surface area contributed by atoms with Crippen LogP contribution in [0, 0.1) is 0 Å². The lowest BCUT2D eigenvalue weighted by atomic mass is 10.1. The summed E-state index contributed by atoms with van der Waals surface area (Å²) in [4.78, 5) is 19.7. The summed E-state index contributed by atoms with van der Waals surface area (Å²) in [7, 11) is 0. The third kappa shape index (κ3) is 2.06. The van der Waals surface area contributed by atoms with Crippen molar-refractivity contribution in [2.45, 2.75) is 6.54 Å². The van der Waals surface area contributed by atoms with Gasteiger partial charge in [-0.1, -0.05) is 6.07 Å². The minimum absolute atomic E-state index is 0.275. The second-order valence-electron chi connectivity index (χ2n) is 4.24. The monoisotopic (exact) mass is 252 g/mol. The fraction of sp³-hybridized carbons (Fsp3) is 0.0714. The number of nitrogens with zero attached hydrogens (tertiary/aromatic N) is 3. The minimum Gasteiger partial charge on any atom is -0.398 e. The largest absolute Gasteiger partial charge is 0.398 e. The highest BCUT2D eigenvalue weighted by molar-refractivity contribution is 5.92. The third-order valence-electron chi connectivity index (χ3n) is 3.01. The van der Waals surface area contributed by atoms with Crippen molar-refractivity contribution in [2.75, 3.05) is 5.73 Å². The number of nitrogen functional groups attached to an aromatic ring is 1. The fourth-order valence-electron chi connectivity index (χ4n) is 2.07. The van der Waals surface area contributed by atoms with E-state index in [1.165, 1.54) is 6.20 Å². The summed E-state index contributed by atoms with van der Waals surface area (Å²) < 4.78 is 1.54. The van der Waals surface area contributed by atoms with Gasteiger partial charge in [0.2, 0.25) is 0 Å². The van der Waals surface area contributed by atoms with E-state index >= 15 is 0 Å². The molecule has 0 aliphatic heterocycles. The molecule has 5 heteroatoms. The molecule has 19 heavy (non-hydrogen) atoms. The van der Waals surface area contributed by atoms with Crippen LogP contribution in [0.2, 0.25) is 0 Å². The van der Waals surface area contributed by atoms with E-state index in [0.29, 0.717) is 12.2 Å². The minimum atomic E-state index is -0.275. The van der Waals surface area contributed by atoms with Crippen molar-refractivity contribution in [1.29, 1.82) is 0 Å². The number of fused-ring (bicyclic) bond motifs is 1. The lowest BCUT2D eigenvalue weighted by molar-refractivity contribution is 0.729. The molecule has 2 heterocycles. The topological polar surface area (TPSA) is 73.8 Å². The van der Waals surface area contributed by atoms with Gasteiger partial charge in [0, 0.05) is 29.7 Å². The maximum absolute atomic E-state index is 11.6. The van der Waals surface area contributed by atoms with Crippen molar-refractivity contribution < 1.29 is 0 Å². The molecule has 0 unspecified atom stereocenters. The molecule has 0 saturated heterocycles.